The highest BCUT2D eigenvalue weighted by molar-refractivity contribution is 7.11. The maximum absolute atomic E-state index is 4.53. The summed E-state index contributed by atoms with van der Waals surface area (Å²) in [6, 6.07) is 0.272. The molecular weight excluding hydrogens is 258 g/mol. The largest absolute Gasteiger partial charge is 0.309 e. The normalized spacial score (nSPS) is 12.8. The van der Waals surface area contributed by atoms with Crippen molar-refractivity contribution >= 4 is 11.3 Å². The molecule has 2 aromatic rings. The zero-order valence-electron chi connectivity index (χ0n) is 12.0. The number of nitrogens with one attached hydrogen (secondary N) is 1. The second kappa shape index (κ2) is 6.25. The lowest BCUT2D eigenvalue weighted by molar-refractivity contribution is 0.510. The maximum atomic E-state index is 4.53. The zero-order chi connectivity index (χ0) is 13.8. The Morgan fingerprint density at radius 1 is 1.42 bits per heavy atom. The number of hydrogen-bond acceptors (Lipinski definition) is 5. The second-order valence-electron chi connectivity index (χ2n) is 4.69. The van der Waals surface area contributed by atoms with Gasteiger partial charge < -0.3 is 5.32 Å². The molecule has 1 N–H and O–H groups in total. The third-order valence-electron chi connectivity index (χ3n) is 3.09. The van der Waals surface area contributed by atoms with E-state index in [2.05, 4.69) is 41.2 Å². The van der Waals surface area contributed by atoms with Gasteiger partial charge in [0.05, 0.1) is 16.7 Å². The highest BCUT2D eigenvalue weighted by Crippen LogP contribution is 2.27. The van der Waals surface area contributed by atoms with E-state index < -0.39 is 0 Å². The molecule has 19 heavy (non-hydrogen) atoms. The minimum Gasteiger partial charge on any atom is -0.309 e. The second-order valence-corrected chi connectivity index (χ2v) is 5.93. The van der Waals surface area contributed by atoms with E-state index in [0.29, 0.717) is 0 Å². The molecule has 1 unspecified atom stereocenters. The van der Waals surface area contributed by atoms with Gasteiger partial charge in [-0.05, 0) is 26.8 Å². The Bertz CT molecular complexity index is 531. The number of aryl methyl sites for hydroxylation is 3. The summed E-state index contributed by atoms with van der Waals surface area (Å²) in [6.07, 6.45) is 3.57. The maximum Gasteiger partial charge on any atom is 0.138 e. The lowest BCUT2D eigenvalue weighted by Gasteiger charge is -2.17. The van der Waals surface area contributed by atoms with Crippen molar-refractivity contribution in [2.24, 2.45) is 7.05 Å². The molecule has 5 nitrogen and oxygen atoms in total. The molecule has 0 spiro atoms. The van der Waals surface area contributed by atoms with E-state index in [1.807, 2.05) is 11.7 Å². The number of thiazole rings is 1. The fourth-order valence-corrected chi connectivity index (χ4v) is 3.14. The molecule has 1 atom stereocenters. The molecule has 0 radical (unpaired) electrons. The third-order valence-corrected chi connectivity index (χ3v) is 4.28. The third kappa shape index (κ3) is 3.39. The molecule has 0 aromatic carbocycles. The standard InChI is InChI=1S/C13H21N5S/c1-5-6-14-11(7-12-15-8-16-18(12)4)13-9(2)17-10(3)19-13/h8,11,14H,5-7H2,1-4H3. The van der Waals surface area contributed by atoms with Crippen LogP contribution in [0.25, 0.3) is 0 Å². The average molecular weight is 279 g/mol. The van der Waals surface area contributed by atoms with Crippen molar-refractivity contribution < 1.29 is 0 Å². The van der Waals surface area contributed by atoms with Crippen molar-refractivity contribution in [1.82, 2.24) is 25.1 Å². The van der Waals surface area contributed by atoms with Gasteiger partial charge in [-0.2, -0.15) is 5.10 Å². The summed E-state index contributed by atoms with van der Waals surface area (Å²) in [4.78, 5) is 10.2. The van der Waals surface area contributed by atoms with Gasteiger partial charge in [0.2, 0.25) is 0 Å². The van der Waals surface area contributed by atoms with Crippen LogP contribution in [0, 0.1) is 13.8 Å². The van der Waals surface area contributed by atoms with Crippen LogP contribution in [0.5, 0.6) is 0 Å². The summed E-state index contributed by atoms with van der Waals surface area (Å²) < 4.78 is 1.84. The highest BCUT2D eigenvalue weighted by atomic mass is 32.1. The van der Waals surface area contributed by atoms with Crippen LogP contribution in [-0.4, -0.2) is 26.3 Å². The summed E-state index contributed by atoms with van der Waals surface area (Å²) in [5.74, 6) is 0.999. The topological polar surface area (TPSA) is 55.6 Å². The quantitative estimate of drug-likeness (QED) is 0.880. The Morgan fingerprint density at radius 2 is 2.21 bits per heavy atom. The molecule has 0 aliphatic rings. The van der Waals surface area contributed by atoms with Crippen molar-refractivity contribution in [2.45, 2.75) is 39.7 Å². The van der Waals surface area contributed by atoms with Crippen LogP contribution in [0.2, 0.25) is 0 Å². The van der Waals surface area contributed by atoms with Crippen LogP contribution in [0.15, 0.2) is 6.33 Å². The van der Waals surface area contributed by atoms with Gasteiger partial charge in [0.25, 0.3) is 0 Å². The molecule has 6 heteroatoms. The minimum absolute atomic E-state index is 0.272. The minimum atomic E-state index is 0.272. The number of rotatable bonds is 6. The van der Waals surface area contributed by atoms with Crippen LogP contribution in [0.4, 0.5) is 0 Å². The molecule has 104 valence electrons. The lowest BCUT2D eigenvalue weighted by Crippen LogP contribution is -2.25. The Hall–Kier alpha value is -1.27. The summed E-state index contributed by atoms with van der Waals surface area (Å²) >= 11 is 1.77. The lowest BCUT2D eigenvalue weighted by atomic mass is 10.1. The Kier molecular flexibility index (Phi) is 4.66. The van der Waals surface area contributed by atoms with Crippen molar-refractivity contribution in [2.75, 3.05) is 6.54 Å². The van der Waals surface area contributed by atoms with Crippen LogP contribution in [0.3, 0.4) is 0 Å². The van der Waals surface area contributed by atoms with Gasteiger partial charge in [-0.25, -0.2) is 9.97 Å². The predicted molar refractivity (Wildman–Crippen MR) is 77.3 cm³/mol. The van der Waals surface area contributed by atoms with Gasteiger partial charge in [0, 0.05) is 18.3 Å². The van der Waals surface area contributed by atoms with E-state index in [9.17, 15) is 0 Å². The van der Waals surface area contributed by atoms with Gasteiger partial charge in [0.1, 0.15) is 12.2 Å². The fourth-order valence-electron chi connectivity index (χ4n) is 2.13. The van der Waals surface area contributed by atoms with Crippen molar-refractivity contribution in [3.8, 4) is 0 Å². The monoisotopic (exact) mass is 279 g/mol. The first-order valence-corrected chi connectivity index (χ1v) is 7.43. The van der Waals surface area contributed by atoms with E-state index in [1.54, 1.807) is 17.7 Å². The molecule has 2 heterocycles. The smallest absolute Gasteiger partial charge is 0.138 e. The molecule has 0 fully saturated rings. The van der Waals surface area contributed by atoms with Crippen LogP contribution in [0.1, 0.15) is 40.8 Å². The van der Waals surface area contributed by atoms with E-state index in [-0.39, 0.29) is 6.04 Å². The summed E-state index contributed by atoms with van der Waals surface area (Å²) in [5.41, 5.74) is 1.12. The number of aromatic nitrogens is 4. The number of nitrogens with zero attached hydrogens (tertiary/aromatic N) is 4. The average Bonchev–Trinajstić information content (AvgIpc) is 2.91. The van der Waals surface area contributed by atoms with Gasteiger partial charge in [-0.15, -0.1) is 11.3 Å². The number of hydrogen-bond donors (Lipinski definition) is 1. The Labute approximate surface area is 118 Å². The summed E-state index contributed by atoms with van der Waals surface area (Å²) in [5, 5.41) is 8.85. The van der Waals surface area contributed by atoms with Gasteiger partial charge >= 0.3 is 0 Å². The van der Waals surface area contributed by atoms with E-state index in [0.717, 1.165) is 35.9 Å². The molecule has 2 aromatic heterocycles. The van der Waals surface area contributed by atoms with Crippen LogP contribution < -0.4 is 5.32 Å². The summed E-state index contributed by atoms with van der Waals surface area (Å²) in [7, 11) is 1.93. The van der Waals surface area contributed by atoms with Crippen molar-refractivity contribution in [1.29, 1.82) is 0 Å². The Morgan fingerprint density at radius 3 is 2.74 bits per heavy atom. The van der Waals surface area contributed by atoms with Crippen LogP contribution in [-0.2, 0) is 13.5 Å². The molecule has 0 bridgehead atoms. The van der Waals surface area contributed by atoms with E-state index in [1.165, 1.54) is 4.88 Å². The first kappa shape index (κ1) is 14.1. The molecule has 2 rings (SSSR count). The first-order valence-electron chi connectivity index (χ1n) is 6.62. The summed E-state index contributed by atoms with van der Waals surface area (Å²) in [6.45, 7) is 7.31. The highest BCUT2D eigenvalue weighted by Gasteiger charge is 2.19. The molecule has 0 aliphatic heterocycles. The predicted octanol–water partition coefficient (Wildman–Crippen LogP) is 2.17. The van der Waals surface area contributed by atoms with Crippen molar-refractivity contribution in [3.63, 3.8) is 0 Å². The molecule has 0 saturated heterocycles. The van der Waals surface area contributed by atoms with Crippen LogP contribution >= 0.6 is 11.3 Å². The zero-order valence-corrected chi connectivity index (χ0v) is 12.8. The van der Waals surface area contributed by atoms with Gasteiger partial charge in [0.15, 0.2) is 0 Å². The van der Waals surface area contributed by atoms with Gasteiger partial charge in [-0.3, -0.25) is 4.68 Å². The Balaban J connectivity index is 2.20. The fraction of sp³-hybridized carbons (Fsp3) is 0.615. The molecular formula is C13H21N5S. The van der Waals surface area contributed by atoms with E-state index >= 15 is 0 Å². The van der Waals surface area contributed by atoms with Crippen molar-refractivity contribution in [3.05, 3.63) is 27.7 Å². The van der Waals surface area contributed by atoms with Gasteiger partial charge in [-0.1, -0.05) is 6.92 Å². The SMILES string of the molecule is CCCNC(Cc1ncnn1C)c1sc(C)nc1C. The molecule has 0 saturated carbocycles. The van der Waals surface area contributed by atoms with E-state index in [4.69, 9.17) is 0 Å². The molecule has 0 amide bonds. The molecule has 0 aliphatic carbocycles. The first-order chi connectivity index (χ1) is 9.11.